The molecular weight excluding hydrogens is 315 g/mol. The standard InChI is InChI=1S/C14H25AsN4O/c1-14(2,10-20)9-15-13-17-6-4-12(18-13)19-7-5-11(8-19)16-3/h4,6,11,15-16,20H,5,7-10H2,1-3H3. The summed E-state index contributed by atoms with van der Waals surface area (Å²) in [6, 6.07) is 2.57. The quantitative estimate of drug-likeness (QED) is 0.701. The van der Waals surface area contributed by atoms with Crippen molar-refractivity contribution in [3.8, 4) is 0 Å². The summed E-state index contributed by atoms with van der Waals surface area (Å²) in [5, 5.41) is 13.7. The van der Waals surface area contributed by atoms with Gasteiger partial charge in [0, 0.05) is 0 Å². The summed E-state index contributed by atoms with van der Waals surface area (Å²) in [4.78, 5) is 11.5. The topological polar surface area (TPSA) is 61.3 Å². The molecule has 2 rings (SSSR count). The fourth-order valence-electron chi connectivity index (χ4n) is 2.19. The van der Waals surface area contributed by atoms with Crippen LogP contribution in [0.5, 0.6) is 0 Å². The molecule has 1 fully saturated rings. The Hall–Kier alpha value is -0.642. The fourth-order valence-corrected chi connectivity index (χ4v) is 4.51. The average molecular weight is 340 g/mol. The van der Waals surface area contributed by atoms with E-state index in [1.807, 2.05) is 19.3 Å². The van der Waals surface area contributed by atoms with Gasteiger partial charge < -0.3 is 0 Å². The number of aromatic nitrogens is 2. The molecule has 2 unspecified atom stereocenters. The van der Waals surface area contributed by atoms with Crippen LogP contribution in [0.25, 0.3) is 0 Å². The number of hydrogen-bond acceptors (Lipinski definition) is 5. The van der Waals surface area contributed by atoms with Gasteiger partial charge in [-0.25, -0.2) is 0 Å². The van der Waals surface area contributed by atoms with Crippen LogP contribution in [0.2, 0.25) is 5.21 Å². The second-order valence-corrected chi connectivity index (χ2v) is 8.56. The number of hydrogen-bond donors (Lipinski definition) is 2. The van der Waals surface area contributed by atoms with Gasteiger partial charge in [-0.05, 0) is 0 Å². The van der Waals surface area contributed by atoms with Crippen LogP contribution in [0.4, 0.5) is 5.82 Å². The van der Waals surface area contributed by atoms with Crippen LogP contribution in [0, 0.1) is 5.41 Å². The van der Waals surface area contributed by atoms with E-state index >= 15 is 0 Å². The second kappa shape index (κ2) is 6.88. The van der Waals surface area contributed by atoms with Crippen LogP contribution in [-0.2, 0) is 0 Å². The van der Waals surface area contributed by atoms with Crippen LogP contribution < -0.4 is 14.8 Å². The summed E-state index contributed by atoms with van der Waals surface area (Å²) in [7, 11) is 2.02. The molecule has 2 atom stereocenters. The van der Waals surface area contributed by atoms with Crippen molar-refractivity contribution in [1.29, 1.82) is 0 Å². The molecule has 1 aromatic rings. The SMILES string of the molecule is CNC1CCN(c2ccnc([AsH]CC(C)(C)CO)n2)C1. The van der Waals surface area contributed by atoms with E-state index in [2.05, 4.69) is 29.0 Å². The molecule has 1 saturated heterocycles. The first-order valence-corrected chi connectivity index (χ1v) is 9.67. The van der Waals surface area contributed by atoms with Crippen LogP contribution in [-0.4, -0.2) is 63.6 Å². The number of likely N-dealkylation sites (N-methyl/N-ethyl adjacent to an activating group) is 1. The minimum atomic E-state index is -0.385. The van der Waals surface area contributed by atoms with Crippen molar-refractivity contribution >= 4 is 26.2 Å². The van der Waals surface area contributed by atoms with Crippen molar-refractivity contribution < 1.29 is 5.11 Å². The molecule has 5 nitrogen and oxygen atoms in total. The first kappa shape index (κ1) is 15.7. The van der Waals surface area contributed by atoms with E-state index in [-0.39, 0.29) is 27.8 Å². The molecule has 1 aromatic heterocycles. The molecule has 112 valence electrons. The summed E-state index contributed by atoms with van der Waals surface area (Å²) in [6.45, 7) is 6.50. The predicted molar refractivity (Wildman–Crippen MR) is 84.2 cm³/mol. The zero-order chi connectivity index (χ0) is 14.6. The maximum atomic E-state index is 9.32. The van der Waals surface area contributed by atoms with Crippen molar-refractivity contribution in [2.24, 2.45) is 5.41 Å². The molecule has 2 N–H and O–H groups in total. The van der Waals surface area contributed by atoms with Crippen molar-refractivity contribution in [2.45, 2.75) is 31.5 Å². The number of rotatable bonds is 6. The number of nitrogens with one attached hydrogen (secondary N) is 1. The Labute approximate surface area is 127 Å². The van der Waals surface area contributed by atoms with Crippen LogP contribution >= 0.6 is 0 Å². The van der Waals surface area contributed by atoms with E-state index in [1.165, 1.54) is 6.42 Å². The third-order valence-electron chi connectivity index (χ3n) is 3.71. The minimum absolute atomic E-state index is 0.00969. The molecule has 0 amide bonds. The zero-order valence-corrected chi connectivity index (χ0v) is 14.7. The number of aliphatic hydroxyl groups excluding tert-OH is 1. The van der Waals surface area contributed by atoms with Gasteiger partial charge in [0.1, 0.15) is 0 Å². The van der Waals surface area contributed by atoms with Gasteiger partial charge in [0.25, 0.3) is 0 Å². The van der Waals surface area contributed by atoms with E-state index in [0.29, 0.717) is 6.04 Å². The van der Waals surface area contributed by atoms with E-state index in [1.54, 1.807) is 0 Å². The predicted octanol–water partition coefficient (Wildman–Crippen LogP) is -0.227. The Morgan fingerprint density at radius 2 is 2.35 bits per heavy atom. The zero-order valence-electron chi connectivity index (χ0n) is 12.6. The van der Waals surface area contributed by atoms with Gasteiger partial charge in [0.05, 0.1) is 0 Å². The third-order valence-corrected chi connectivity index (χ3v) is 7.26. The van der Waals surface area contributed by atoms with Gasteiger partial charge in [0.15, 0.2) is 0 Å². The van der Waals surface area contributed by atoms with Crippen LogP contribution in [0.15, 0.2) is 12.3 Å². The van der Waals surface area contributed by atoms with E-state index < -0.39 is 0 Å². The molecule has 0 spiro atoms. The Morgan fingerprint density at radius 3 is 3.00 bits per heavy atom. The molecule has 6 heteroatoms. The molecule has 20 heavy (non-hydrogen) atoms. The molecule has 1 aliphatic rings. The summed E-state index contributed by atoms with van der Waals surface area (Å²) < 4.78 is 0.997. The monoisotopic (exact) mass is 340 g/mol. The Bertz CT molecular complexity index is 441. The van der Waals surface area contributed by atoms with E-state index in [9.17, 15) is 5.11 Å². The summed E-state index contributed by atoms with van der Waals surface area (Å²) >= 11 is -0.385. The molecular formula is C14H25AsN4O. The summed E-state index contributed by atoms with van der Waals surface area (Å²) in [6.07, 6.45) is 3.05. The van der Waals surface area contributed by atoms with Gasteiger partial charge in [0.2, 0.25) is 0 Å². The van der Waals surface area contributed by atoms with Gasteiger partial charge in [-0.1, -0.05) is 0 Å². The fraction of sp³-hybridized carbons (Fsp3) is 0.714. The molecule has 0 aromatic carbocycles. The summed E-state index contributed by atoms with van der Waals surface area (Å²) in [5.41, 5.74) is -0.00969. The molecule has 2 heterocycles. The van der Waals surface area contributed by atoms with Gasteiger partial charge in [-0.2, -0.15) is 0 Å². The average Bonchev–Trinajstić information content (AvgIpc) is 2.95. The van der Waals surface area contributed by atoms with Crippen LogP contribution in [0.1, 0.15) is 20.3 Å². The Balaban J connectivity index is 1.98. The number of nitrogens with zero attached hydrogens (tertiary/aromatic N) is 3. The van der Waals surface area contributed by atoms with Crippen molar-refractivity contribution in [3.05, 3.63) is 12.3 Å². The molecule has 0 saturated carbocycles. The Morgan fingerprint density at radius 1 is 1.55 bits per heavy atom. The number of anilines is 1. The van der Waals surface area contributed by atoms with Crippen molar-refractivity contribution in [2.75, 3.05) is 31.6 Å². The van der Waals surface area contributed by atoms with E-state index in [0.717, 1.165) is 28.7 Å². The second-order valence-electron chi connectivity index (χ2n) is 6.13. The molecule has 0 bridgehead atoms. The van der Waals surface area contributed by atoms with Crippen LogP contribution in [0.3, 0.4) is 0 Å². The van der Waals surface area contributed by atoms with Crippen molar-refractivity contribution in [1.82, 2.24) is 15.3 Å². The normalized spacial score (nSPS) is 20.2. The first-order valence-electron chi connectivity index (χ1n) is 7.14. The van der Waals surface area contributed by atoms with Gasteiger partial charge >= 0.3 is 127 Å². The molecule has 1 aliphatic heterocycles. The molecule has 0 radical (unpaired) electrons. The van der Waals surface area contributed by atoms with Gasteiger partial charge in [-0.15, -0.1) is 0 Å². The number of aliphatic hydroxyl groups is 1. The van der Waals surface area contributed by atoms with Crippen molar-refractivity contribution in [3.63, 3.8) is 0 Å². The first-order chi connectivity index (χ1) is 9.54. The summed E-state index contributed by atoms with van der Waals surface area (Å²) in [5.74, 6) is 1.05. The maximum absolute atomic E-state index is 9.32. The Kier molecular flexibility index (Phi) is 5.41. The third kappa shape index (κ3) is 4.17. The van der Waals surface area contributed by atoms with E-state index in [4.69, 9.17) is 4.98 Å². The molecule has 0 aliphatic carbocycles. The van der Waals surface area contributed by atoms with Gasteiger partial charge in [-0.3, -0.25) is 0 Å².